The molecule has 0 radical (unpaired) electrons. The molecule has 0 amide bonds. The van der Waals surface area contributed by atoms with Gasteiger partial charge < -0.3 is 5.32 Å². The first-order chi connectivity index (χ1) is 7.88. The lowest BCUT2D eigenvalue weighted by Gasteiger charge is -2.74. The van der Waals surface area contributed by atoms with E-state index in [0.29, 0.717) is 5.54 Å². The van der Waals surface area contributed by atoms with Gasteiger partial charge in [-0.1, -0.05) is 6.92 Å². The summed E-state index contributed by atoms with van der Waals surface area (Å²) in [5.74, 6) is 4.37. The lowest BCUT2D eigenvalue weighted by molar-refractivity contribution is -0.254. The molecule has 4 aliphatic carbocycles. The zero-order valence-electron chi connectivity index (χ0n) is 11.8. The topological polar surface area (TPSA) is 12.0 Å². The van der Waals surface area contributed by atoms with E-state index in [-0.39, 0.29) is 0 Å². The number of rotatable bonds is 2. The number of hydrogen-bond donors (Lipinski definition) is 1. The number of fused-ring (bicyclic) bond motifs is 1. The first-order valence-electron chi connectivity index (χ1n) is 7.63. The van der Waals surface area contributed by atoms with E-state index in [9.17, 15) is 0 Å². The third-order valence-corrected chi connectivity index (χ3v) is 7.14. The van der Waals surface area contributed by atoms with Crippen molar-refractivity contribution in [2.75, 3.05) is 6.54 Å². The lowest BCUT2D eigenvalue weighted by Crippen LogP contribution is -2.71. The van der Waals surface area contributed by atoms with E-state index < -0.39 is 0 Å². The minimum Gasteiger partial charge on any atom is -0.311 e. The zero-order chi connectivity index (χ0) is 12.1. The Morgan fingerprint density at radius 3 is 2.53 bits per heavy atom. The SMILES string of the molecule is CC1C2CC3(CNC(C)(C)C)CC4CC1C43C2. The highest BCUT2D eigenvalue weighted by molar-refractivity contribution is 5.30. The molecule has 2 bridgehead atoms. The monoisotopic (exact) mass is 233 g/mol. The second kappa shape index (κ2) is 2.76. The van der Waals surface area contributed by atoms with Gasteiger partial charge in [-0.2, -0.15) is 0 Å². The summed E-state index contributed by atoms with van der Waals surface area (Å²) in [5, 5.41) is 3.82. The molecule has 4 fully saturated rings. The minimum atomic E-state index is 0.295. The van der Waals surface area contributed by atoms with Gasteiger partial charge in [-0.25, -0.2) is 0 Å². The van der Waals surface area contributed by atoms with Crippen molar-refractivity contribution in [2.45, 2.75) is 58.9 Å². The highest BCUT2D eigenvalue weighted by Crippen LogP contribution is 2.87. The summed E-state index contributed by atoms with van der Waals surface area (Å²) in [6.07, 6.45) is 6.27. The molecule has 0 aliphatic heterocycles. The van der Waals surface area contributed by atoms with Crippen LogP contribution in [0.3, 0.4) is 0 Å². The fraction of sp³-hybridized carbons (Fsp3) is 1.00. The molecule has 0 aromatic heterocycles. The van der Waals surface area contributed by atoms with Crippen LogP contribution in [0.2, 0.25) is 0 Å². The molecule has 1 nitrogen and oxygen atoms in total. The van der Waals surface area contributed by atoms with Gasteiger partial charge in [-0.3, -0.25) is 0 Å². The Morgan fingerprint density at radius 2 is 1.94 bits per heavy atom. The van der Waals surface area contributed by atoms with E-state index in [2.05, 4.69) is 33.0 Å². The van der Waals surface area contributed by atoms with Crippen LogP contribution in [0.4, 0.5) is 0 Å². The Balaban J connectivity index is 1.58. The van der Waals surface area contributed by atoms with Crippen LogP contribution in [0.1, 0.15) is 53.4 Å². The van der Waals surface area contributed by atoms with Gasteiger partial charge in [0, 0.05) is 12.1 Å². The fourth-order valence-electron chi connectivity index (χ4n) is 6.43. The minimum absolute atomic E-state index is 0.295. The molecule has 4 saturated carbocycles. The third kappa shape index (κ3) is 1.03. The van der Waals surface area contributed by atoms with Crippen LogP contribution >= 0.6 is 0 Å². The Kier molecular flexibility index (Phi) is 1.76. The van der Waals surface area contributed by atoms with Crippen molar-refractivity contribution in [3.05, 3.63) is 0 Å². The molecular weight excluding hydrogens is 206 g/mol. The molecule has 1 N–H and O–H groups in total. The smallest absolute Gasteiger partial charge is 0.00967 e. The average Bonchev–Trinajstić information content (AvgIpc) is 2.64. The standard InChI is InChI=1S/C16H27N/c1-10-11-6-15(9-17-14(2,3)4)8-12-5-13(10)16(12,15)7-11/h10-13,17H,5-9H2,1-4H3. The maximum absolute atomic E-state index is 3.82. The van der Waals surface area contributed by atoms with E-state index >= 15 is 0 Å². The van der Waals surface area contributed by atoms with Gasteiger partial charge in [0.05, 0.1) is 0 Å². The summed E-state index contributed by atoms with van der Waals surface area (Å²) in [5.41, 5.74) is 1.85. The molecule has 0 aromatic rings. The molecule has 17 heavy (non-hydrogen) atoms. The summed E-state index contributed by atoms with van der Waals surface area (Å²) in [6, 6.07) is 0. The van der Waals surface area contributed by atoms with Crippen molar-refractivity contribution in [1.82, 2.24) is 5.32 Å². The van der Waals surface area contributed by atoms with E-state index in [1.54, 1.807) is 25.7 Å². The maximum Gasteiger partial charge on any atom is 0.00967 e. The molecule has 6 unspecified atom stereocenters. The van der Waals surface area contributed by atoms with Gasteiger partial charge >= 0.3 is 0 Å². The van der Waals surface area contributed by atoms with Crippen molar-refractivity contribution in [1.29, 1.82) is 0 Å². The Bertz CT molecular complexity index is 368. The Hall–Kier alpha value is -0.0400. The van der Waals surface area contributed by atoms with Gasteiger partial charge in [-0.05, 0) is 81.0 Å². The third-order valence-electron chi connectivity index (χ3n) is 7.14. The summed E-state index contributed by atoms with van der Waals surface area (Å²) in [7, 11) is 0. The van der Waals surface area contributed by atoms with E-state index in [4.69, 9.17) is 0 Å². The van der Waals surface area contributed by atoms with E-state index in [0.717, 1.165) is 34.5 Å². The van der Waals surface area contributed by atoms with Crippen molar-refractivity contribution in [3.63, 3.8) is 0 Å². The molecule has 0 saturated heterocycles. The second-order valence-corrected chi connectivity index (χ2v) is 8.69. The fourth-order valence-corrected chi connectivity index (χ4v) is 6.43. The summed E-state index contributed by atoms with van der Waals surface area (Å²) < 4.78 is 0. The summed E-state index contributed by atoms with van der Waals surface area (Å²) >= 11 is 0. The molecule has 4 rings (SSSR count). The van der Waals surface area contributed by atoms with Crippen molar-refractivity contribution >= 4 is 0 Å². The van der Waals surface area contributed by atoms with Gasteiger partial charge in [0.15, 0.2) is 0 Å². The first-order valence-corrected chi connectivity index (χ1v) is 7.63. The van der Waals surface area contributed by atoms with E-state index in [1.807, 2.05) is 0 Å². The molecule has 4 aliphatic rings. The molecule has 96 valence electrons. The van der Waals surface area contributed by atoms with Crippen LogP contribution < -0.4 is 5.32 Å². The van der Waals surface area contributed by atoms with Gasteiger partial charge in [0.25, 0.3) is 0 Å². The van der Waals surface area contributed by atoms with Crippen LogP contribution in [0.5, 0.6) is 0 Å². The van der Waals surface area contributed by atoms with E-state index in [1.165, 1.54) is 6.54 Å². The summed E-state index contributed by atoms with van der Waals surface area (Å²) in [6.45, 7) is 10.8. The van der Waals surface area contributed by atoms with Crippen LogP contribution in [0.25, 0.3) is 0 Å². The Labute approximate surface area is 106 Å². The van der Waals surface area contributed by atoms with Gasteiger partial charge in [0.2, 0.25) is 0 Å². The van der Waals surface area contributed by atoms with Crippen LogP contribution in [-0.2, 0) is 0 Å². The maximum atomic E-state index is 3.82. The molecule has 0 aromatic carbocycles. The number of hydrogen-bond acceptors (Lipinski definition) is 1. The highest BCUT2D eigenvalue weighted by Gasteiger charge is 2.81. The molecule has 1 spiro atoms. The Morgan fingerprint density at radius 1 is 1.18 bits per heavy atom. The first kappa shape index (κ1) is 10.8. The van der Waals surface area contributed by atoms with Crippen LogP contribution in [0.15, 0.2) is 0 Å². The predicted octanol–water partition coefficient (Wildman–Crippen LogP) is 3.45. The van der Waals surface area contributed by atoms with Crippen molar-refractivity contribution in [3.8, 4) is 0 Å². The second-order valence-electron chi connectivity index (χ2n) is 8.69. The lowest BCUT2D eigenvalue weighted by atomic mass is 9.31. The quantitative estimate of drug-likeness (QED) is 0.770. The van der Waals surface area contributed by atoms with Crippen molar-refractivity contribution < 1.29 is 0 Å². The highest BCUT2D eigenvalue weighted by atomic mass is 15.0. The normalized spacial score (nSPS) is 58.6. The molecule has 0 heterocycles. The summed E-state index contributed by atoms with van der Waals surface area (Å²) in [4.78, 5) is 0. The van der Waals surface area contributed by atoms with Crippen LogP contribution in [0, 0.1) is 34.5 Å². The number of nitrogens with one attached hydrogen (secondary N) is 1. The largest absolute Gasteiger partial charge is 0.311 e. The average molecular weight is 233 g/mol. The predicted molar refractivity (Wildman–Crippen MR) is 70.7 cm³/mol. The van der Waals surface area contributed by atoms with Crippen molar-refractivity contribution in [2.24, 2.45) is 34.5 Å². The zero-order valence-corrected chi connectivity index (χ0v) is 11.8. The van der Waals surface area contributed by atoms with Crippen LogP contribution in [-0.4, -0.2) is 12.1 Å². The van der Waals surface area contributed by atoms with Gasteiger partial charge in [-0.15, -0.1) is 0 Å². The van der Waals surface area contributed by atoms with Gasteiger partial charge in [0.1, 0.15) is 0 Å². The molecular formula is C16H27N. The molecule has 1 heteroatoms. The molecule has 6 atom stereocenters.